The molecule has 1 amide bonds. The summed E-state index contributed by atoms with van der Waals surface area (Å²) in [5.74, 6) is 0.933. The minimum absolute atomic E-state index is 0.157. The fourth-order valence-corrected chi connectivity index (χ4v) is 4.62. The zero-order valence-corrected chi connectivity index (χ0v) is 16.6. The highest BCUT2D eigenvalue weighted by Gasteiger charge is 2.52. The van der Waals surface area contributed by atoms with Crippen LogP contribution >= 0.6 is 0 Å². The Labute approximate surface area is 170 Å². The SMILES string of the molecule is CCOC(=O)N1CCC2(CC1)Oc1ccccc1C1CC(c3ccccc3)=NN12. The average molecular weight is 391 g/mol. The van der Waals surface area contributed by atoms with Gasteiger partial charge in [-0.15, -0.1) is 0 Å². The summed E-state index contributed by atoms with van der Waals surface area (Å²) in [7, 11) is 0. The number of hydrazone groups is 1. The molecule has 0 radical (unpaired) electrons. The lowest BCUT2D eigenvalue weighted by Gasteiger charge is -2.50. The van der Waals surface area contributed by atoms with Crippen molar-refractivity contribution in [2.45, 2.75) is 38.0 Å². The van der Waals surface area contributed by atoms with Crippen LogP contribution in [0, 0.1) is 0 Å². The van der Waals surface area contributed by atoms with Gasteiger partial charge < -0.3 is 14.4 Å². The summed E-state index contributed by atoms with van der Waals surface area (Å²) in [5.41, 5.74) is 2.89. The van der Waals surface area contributed by atoms with E-state index in [-0.39, 0.29) is 12.1 Å². The minimum atomic E-state index is -0.529. The zero-order chi connectivity index (χ0) is 19.8. The summed E-state index contributed by atoms with van der Waals surface area (Å²) < 4.78 is 11.8. The molecule has 0 aromatic heterocycles. The van der Waals surface area contributed by atoms with Gasteiger partial charge in [0, 0.05) is 37.9 Å². The van der Waals surface area contributed by atoms with E-state index in [2.05, 4.69) is 29.3 Å². The second-order valence-electron chi connectivity index (χ2n) is 7.75. The summed E-state index contributed by atoms with van der Waals surface area (Å²) in [5, 5.41) is 7.22. The van der Waals surface area contributed by atoms with Gasteiger partial charge in [-0.05, 0) is 18.6 Å². The molecule has 29 heavy (non-hydrogen) atoms. The van der Waals surface area contributed by atoms with Crippen LogP contribution in [0.2, 0.25) is 0 Å². The lowest BCUT2D eigenvalue weighted by Crippen LogP contribution is -2.59. The van der Waals surface area contributed by atoms with Gasteiger partial charge in [0.15, 0.2) is 0 Å². The third-order valence-corrected chi connectivity index (χ3v) is 6.08. The number of rotatable bonds is 2. The fourth-order valence-electron chi connectivity index (χ4n) is 4.62. The number of hydrogen-bond acceptors (Lipinski definition) is 5. The van der Waals surface area contributed by atoms with Crippen LogP contribution in [0.5, 0.6) is 5.75 Å². The van der Waals surface area contributed by atoms with E-state index in [1.54, 1.807) is 4.90 Å². The second-order valence-corrected chi connectivity index (χ2v) is 7.75. The molecule has 3 heterocycles. The highest BCUT2D eigenvalue weighted by Crippen LogP contribution is 2.49. The Morgan fingerprint density at radius 3 is 2.62 bits per heavy atom. The van der Waals surface area contributed by atoms with Gasteiger partial charge in [0.05, 0.1) is 18.4 Å². The number of benzene rings is 2. The summed E-state index contributed by atoms with van der Waals surface area (Å²) in [6.07, 6.45) is 2.00. The molecule has 6 heteroatoms. The molecule has 1 fully saturated rings. The van der Waals surface area contributed by atoms with Gasteiger partial charge in [0.1, 0.15) is 5.75 Å². The molecular weight excluding hydrogens is 366 g/mol. The number of nitrogens with zero attached hydrogens (tertiary/aromatic N) is 3. The number of ether oxygens (including phenoxy) is 2. The molecule has 2 aromatic carbocycles. The lowest BCUT2D eigenvalue weighted by molar-refractivity contribution is -0.147. The molecule has 3 aliphatic heterocycles. The molecule has 0 aliphatic carbocycles. The highest BCUT2D eigenvalue weighted by atomic mass is 16.6. The van der Waals surface area contributed by atoms with E-state index in [1.807, 2.05) is 37.3 Å². The van der Waals surface area contributed by atoms with Crippen molar-refractivity contribution in [2.24, 2.45) is 5.10 Å². The number of carbonyl (C=O) groups is 1. The number of fused-ring (bicyclic) bond motifs is 4. The molecule has 150 valence electrons. The normalized spacial score (nSPS) is 21.8. The van der Waals surface area contributed by atoms with Gasteiger partial charge in [-0.3, -0.25) is 0 Å². The van der Waals surface area contributed by atoms with E-state index in [4.69, 9.17) is 14.6 Å². The van der Waals surface area contributed by atoms with Gasteiger partial charge in [-0.2, -0.15) is 5.10 Å². The number of piperidine rings is 1. The van der Waals surface area contributed by atoms with Crippen molar-refractivity contribution in [3.05, 3.63) is 65.7 Å². The Hall–Kier alpha value is -3.02. The maximum atomic E-state index is 12.2. The Balaban J connectivity index is 1.48. The van der Waals surface area contributed by atoms with Crippen LogP contribution < -0.4 is 4.74 Å². The average Bonchev–Trinajstić information content (AvgIpc) is 3.22. The first-order valence-corrected chi connectivity index (χ1v) is 10.3. The van der Waals surface area contributed by atoms with Gasteiger partial charge >= 0.3 is 6.09 Å². The molecule has 0 bridgehead atoms. The summed E-state index contributed by atoms with van der Waals surface area (Å²) >= 11 is 0. The van der Waals surface area contributed by atoms with Gasteiger partial charge in [-0.25, -0.2) is 9.80 Å². The maximum Gasteiger partial charge on any atom is 0.409 e. The van der Waals surface area contributed by atoms with Crippen LogP contribution in [0.25, 0.3) is 0 Å². The van der Waals surface area contributed by atoms with E-state index in [9.17, 15) is 4.79 Å². The monoisotopic (exact) mass is 391 g/mol. The first-order valence-electron chi connectivity index (χ1n) is 10.3. The fraction of sp³-hybridized carbons (Fsp3) is 0.391. The summed E-state index contributed by atoms with van der Waals surface area (Å²) in [6.45, 7) is 3.42. The number of likely N-dealkylation sites (tertiary alicyclic amines) is 1. The quantitative estimate of drug-likeness (QED) is 0.771. The highest BCUT2D eigenvalue weighted by molar-refractivity contribution is 6.01. The van der Waals surface area contributed by atoms with Crippen molar-refractivity contribution in [3.63, 3.8) is 0 Å². The Kier molecular flexibility index (Phi) is 4.42. The molecule has 0 saturated carbocycles. The Morgan fingerprint density at radius 2 is 1.86 bits per heavy atom. The predicted octanol–water partition coefficient (Wildman–Crippen LogP) is 4.18. The largest absolute Gasteiger partial charge is 0.466 e. The van der Waals surface area contributed by atoms with Crippen LogP contribution in [0.4, 0.5) is 4.79 Å². The van der Waals surface area contributed by atoms with Crippen molar-refractivity contribution in [2.75, 3.05) is 19.7 Å². The van der Waals surface area contributed by atoms with Crippen LogP contribution in [0.3, 0.4) is 0 Å². The topological polar surface area (TPSA) is 54.4 Å². The minimum Gasteiger partial charge on any atom is -0.466 e. The van der Waals surface area contributed by atoms with Crippen molar-refractivity contribution in [1.82, 2.24) is 9.91 Å². The smallest absolute Gasteiger partial charge is 0.409 e. The van der Waals surface area contributed by atoms with Gasteiger partial charge in [0.2, 0.25) is 5.72 Å². The van der Waals surface area contributed by atoms with E-state index in [1.165, 1.54) is 5.56 Å². The first kappa shape index (κ1) is 18.0. The molecular formula is C23H25N3O3. The van der Waals surface area contributed by atoms with E-state index < -0.39 is 5.72 Å². The molecule has 1 saturated heterocycles. The molecule has 5 rings (SSSR count). The predicted molar refractivity (Wildman–Crippen MR) is 110 cm³/mol. The zero-order valence-electron chi connectivity index (χ0n) is 16.6. The molecule has 3 aliphatic rings. The summed E-state index contributed by atoms with van der Waals surface area (Å²) in [4.78, 5) is 13.9. The van der Waals surface area contributed by atoms with Crippen LogP contribution in [-0.2, 0) is 4.74 Å². The number of hydrogen-bond donors (Lipinski definition) is 0. The van der Waals surface area contributed by atoms with Crippen molar-refractivity contribution >= 4 is 11.8 Å². The van der Waals surface area contributed by atoms with Crippen molar-refractivity contribution in [1.29, 1.82) is 0 Å². The number of para-hydroxylation sites is 1. The maximum absolute atomic E-state index is 12.2. The van der Waals surface area contributed by atoms with Crippen LogP contribution in [0.1, 0.15) is 43.4 Å². The van der Waals surface area contributed by atoms with Gasteiger partial charge in [0.25, 0.3) is 0 Å². The number of carbonyl (C=O) groups excluding carboxylic acids is 1. The number of amides is 1. The van der Waals surface area contributed by atoms with Crippen molar-refractivity contribution in [3.8, 4) is 5.75 Å². The third-order valence-electron chi connectivity index (χ3n) is 6.08. The molecule has 2 aromatic rings. The standard InChI is InChI=1S/C23H25N3O3/c1-2-28-22(27)25-14-12-23(13-15-25)26-20(18-10-6-7-11-21(18)29-23)16-19(24-26)17-8-4-3-5-9-17/h3-11,20H,2,12-16H2,1H3. The van der Waals surface area contributed by atoms with Crippen LogP contribution in [-0.4, -0.2) is 47.1 Å². The molecule has 1 unspecified atom stereocenters. The summed E-state index contributed by atoms with van der Waals surface area (Å²) in [6, 6.07) is 18.8. The van der Waals surface area contributed by atoms with E-state index in [0.717, 1.165) is 23.4 Å². The van der Waals surface area contributed by atoms with Crippen molar-refractivity contribution < 1.29 is 14.3 Å². The lowest BCUT2D eigenvalue weighted by atomic mass is 9.91. The molecule has 1 spiro atoms. The molecule has 0 N–H and O–H groups in total. The Bertz CT molecular complexity index is 935. The molecule has 1 atom stereocenters. The first-order chi connectivity index (χ1) is 14.2. The van der Waals surface area contributed by atoms with E-state index in [0.29, 0.717) is 32.5 Å². The second kappa shape index (κ2) is 7.10. The third kappa shape index (κ3) is 3.03. The van der Waals surface area contributed by atoms with Gasteiger partial charge in [-0.1, -0.05) is 48.5 Å². The molecule has 6 nitrogen and oxygen atoms in total. The van der Waals surface area contributed by atoms with E-state index >= 15 is 0 Å². The van der Waals surface area contributed by atoms with Crippen LogP contribution in [0.15, 0.2) is 59.7 Å². The Morgan fingerprint density at radius 1 is 1.14 bits per heavy atom.